The Balaban J connectivity index is 1.95. The molecule has 0 aliphatic carbocycles. The molecule has 1 saturated heterocycles. The first-order valence-corrected chi connectivity index (χ1v) is 6.31. The highest BCUT2D eigenvalue weighted by Crippen LogP contribution is 2.22. The summed E-state index contributed by atoms with van der Waals surface area (Å²) in [6.45, 7) is 8.06. The maximum atomic E-state index is 5.30. The normalized spacial score (nSPS) is 25.8. The Bertz CT molecular complexity index is 339. The average Bonchev–Trinajstić information content (AvgIpc) is 2.28. The smallest absolute Gasteiger partial charge is 0.139 e. The molecular formula is C13H22N4. The van der Waals surface area contributed by atoms with Crippen molar-refractivity contribution >= 4 is 5.82 Å². The molecule has 1 aromatic heterocycles. The highest BCUT2D eigenvalue weighted by atomic mass is 15.2. The van der Waals surface area contributed by atoms with Gasteiger partial charge in [0.2, 0.25) is 0 Å². The summed E-state index contributed by atoms with van der Waals surface area (Å²) >= 11 is 0. The van der Waals surface area contributed by atoms with Gasteiger partial charge in [-0.1, -0.05) is 19.9 Å². The summed E-state index contributed by atoms with van der Waals surface area (Å²) < 4.78 is 0. The van der Waals surface area contributed by atoms with Gasteiger partial charge in [0.1, 0.15) is 5.82 Å². The predicted molar refractivity (Wildman–Crippen MR) is 70.3 cm³/mol. The van der Waals surface area contributed by atoms with Crippen molar-refractivity contribution in [3.8, 4) is 0 Å². The minimum absolute atomic E-state index is 0.717. The van der Waals surface area contributed by atoms with Crippen LogP contribution in [0.5, 0.6) is 0 Å². The number of piperidine rings is 1. The van der Waals surface area contributed by atoms with Gasteiger partial charge in [-0.25, -0.2) is 10.8 Å². The summed E-state index contributed by atoms with van der Waals surface area (Å²) in [5, 5.41) is 0. The Labute approximate surface area is 103 Å². The van der Waals surface area contributed by atoms with Crippen molar-refractivity contribution in [3.63, 3.8) is 0 Å². The van der Waals surface area contributed by atoms with E-state index in [2.05, 4.69) is 35.2 Å². The Morgan fingerprint density at radius 3 is 2.59 bits per heavy atom. The SMILES string of the molecule is CC1CC(C)CN(Cc2ccc(NN)nc2)C1. The molecule has 94 valence electrons. The molecule has 0 radical (unpaired) electrons. The van der Waals surface area contributed by atoms with Gasteiger partial charge >= 0.3 is 0 Å². The second kappa shape index (κ2) is 5.47. The third kappa shape index (κ3) is 3.41. The molecule has 2 atom stereocenters. The molecule has 4 heteroatoms. The number of nitrogen functional groups attached to an aromatic ring is 1. The number of pyridine rings is 1. The number of nitrogens with two attached hydrogens (primary N) is 1. The highest BCUT2D eigenvalue weighted by Gasteiger charge is 2.21. The van der Waals surface area contributed by atoms with E-state index in [0.29, 0.717) is 5.82 Å². The van der Waals surface area contributed by atoms with E-state index in [1.807, 2.05) is 12.3 Å². The molecule has 0 saturated carbocycles. The number of nitrogens with zero attached hydrogens (tertiary/aromatic N) is 2. The van der Waals surface area contributed by atoms with E-state index in [-0.39, 0.29) is 0 Å². The summed E-state index contributed by atoms with van der Waals surface area (Å²) in [6, 6.07) is 4.01. The first-order valence-electron chi connectivity index (χ1n) is 6.31. The second-order valence-corrected chi connectivity index (χ2v) is 5.34. The van der Waals surface area contributed by atoms with Crippen LogP contribution in [0.3, 0.4) is 0 Å². The van der Waals surface area contributed by atoms with Crippen LogP contribution in [0.2, 0.25) is 0 Å². The Kier molecular flexibility index (Phi) is 3.97. The molecule has 0 spiro atoms. The van der Waals surface area contributed by atoms with Crippen molar-refractivity contribution in [2.45, 2.75) is 26.8 Å². The van der Waals surface area contributed by atoms with E-state index < -0.39 is 0 Å². The largest absolute Gasteiger partial charge is 0.308 e. The lowest BCUT2D eigenvalue weighted by molar-refractivity contribution is 0.134. The highest BCUT2D eigenvalue weighted by molar-refractivity contribution is 5.33. The quantitative estimate of drug-likeness (QED) is 0.619. The molecule has 4 nitrogen and oxygen atoms in total. The summed E-state index contributed by atoms with van der Waals surface area (Å²) in [5.74, 6) is 7.62. The van der Waals surface area contributed by atoms with Gasteiger partial charge in [0.15, 0.2) is 0 Å². The molecule has 1 aliphatic rings. The zero-order chi connectivity index (χ0) is 12.3. The Hall–Kier alpha value is -1.13. The fraction of sp³-hybridized carbons (Fsp3) is 0.615. The molecule has 0 bridgehead atoms. The molecule has 3 N–H and O–H groups in total. The van der Waals surface area contributed by atoms with E-state index in [1.54, 1.807) is 0 Å². The van der Waals surface area contributed by atoms with Gasteiger partial charge in [0, 0.05) is 25.8 Å². The van der Waals surface area contributed by atoms with Crippen LogP contribution < -0.4 is 11.3 Å². The molecule has 1 aliphatic heterocycles. The van der Waals surface area contributed by atoms with Crippen LogP contribution in [0.15, 0.2) is 18.3 Å². The molecule has 0 amide bonds. The van der Waals surface area contributed by atoms with E-state index in [9.17, 15) is 0 Å². The summed E-state index contributed by atoms with van der Waals surface area (Å²) in [7, 11) is 0. The molecule has 1 fully saturated rings. The zero-order valence-corrected chi connectivity index (χ0v) is 10.7. The maximum absolute atomic E-state index is 5.30. The monoisotopic (exact) mass is 234 g/mol. The van der Waals surface area contributed by atoms with Crippen LogP contribution >= 0.6 is 0 Å². The molecule has 2 heterocycles. The van der Waals surface area contributed by atoms with Crippen LogP contribution in [0.4, 0.5) is 5.82 Å². The number of aromatic nitrogens is 1. The standard InChI is InChI=1S/C13H22N4/c1-10-5-11(2)8-17(7-10)9-12-3-4-13(16-14)15-6-12/h3-4,6,10-11H,5,7-9,14H2,1-2H3,(H,15,16). The second-order valence-electron chi connectivity index (χ2n) is 5.34. The Morgan fingerprint density at radius 2 is 2.06 bits per heavy atom. The maximum Gasteiger partial charge on any atom is 0.139 e. The molecule has 1 aromatic rings. The van der Waals surface area contributed by atoms with Crippen molar-refractivity contribution in [2.24, 2.45) is 17.7 Å². The number of hydrogen-bond acceptors (Lipinski definition) is 4. The van der Waals surface area contributed by atoms with E-state index in [4.69, 9.17) is 5.84 Å². The summed E-state index contributed by atoms with van der Waals surface area (Å²) in [4.78, 5) is 6.76. The van der Waals surface area contributed by atoms with Crippen LogP contribution in [0.25, 0.3) is 0 Å². The summed E-state index contributed by atoms with van der Waals surface area (Å²) in [5.41, 5.74) is 3.80. The number of rotatable bonds is 3. The number of likely N-dealkylation sites (tertiary alicyclic amines) is 1. The van der Waals surface area contributed by atoms with Crippen molar-refractivity contribution in [1.29, 1.82) is 0 Å². The van der Waals surface area contributed by atoms with Gasteiger partial charge in [0.05, 0.1) is 0 Å². The van der Waals surface area contributed by atoms with Crippen LogP contribution in [-0.2, 0) is 6.54 Å². The minimum atomic E-state index is 0.717. The first-order chi connectivity index (χ1) is 8.17. The van der Waals surface area contributed by atoms with Crippen LogP contribution in [-0.4, -0.2) is 23.0 Å². The van der Waals surface area contributed by atoms with Gasteiger partial charge in [-0.05, 0) is 29.9 Å². The lowest BCUT2D eigenvalue weighted by atomic mass is 9.92. The van der Waals surface area contributed by atoms with Gasteiger partial charge in [-0.15, -0.1) is 0 Å². The number of nitrogens with one attached hydrogen (secondary N) is 1. The fourth-order valence-electron chi connectivity index (χ4n) is 2.78. The molecule has 2 rings (SSSR count). The topological polar surface area (TPSA) is 54.2 Å². The lowest BCUT2D eigenvalue weighted by Crippen LogP contribution is -2.38. The predicted octanol–water partition coefficient (Wildman–Crippen LogP) is 1.85. The molecular weight excluding hydrogens is 212 g/mol. The fourth-order valence-corrected chi connectivity index (χ4v) is 2.78. The number of hydrazine groups is 1. The van der Waals surface area contributed by atoms with E-state index in [0.717, 1.165) is 18.4 Å². The van der Waals surface area contributed by atoms with E-state index in [1.165, 1.54) is 25.1 Å². The summed E-state index contributed by atoms with van der Waals surface area (Å²) in [6.07, 6.45) is 3.25. The van der Waals surface area contributed by atoms with Crippen LogP contribution in [0, 0.1) is 11.8 Å². The minimum Gasteiger partial charge on any atom is -0.308 e. The van der Waals surface area contributed by atoms with Gasteiger partial charge in [0.25, 0.3) is 0 Å². The van der Waals surface area contributed by atoms with E-state index >= 15 is 0 Å². The average molecular weight is 234 g/mol. The first kappa shape index (κ1) is 12.3. The third-order valence-electron chi connectivity index (χ3n) is 3.32. The van der Waals surface area contributed by atoms with Crippen molar-refractivity contribution in [1.82, 2.24) is 9.88 Å². The number of hydrogen-bond donors (Lipinski definition) is 2. The Morgan fingerprint density at radius 1 is 1.35 bits per heavy atom. The van der Waals surface area contributed by atoms with Gasteiger partial charge in [-0.3, -0.25) is 4.90 Å². The number of anilines is 1. The van der Waals surface area contributed by atoms with Gasteiger partial charge < -0.3 is 5.43 Å². The van der Waals surface area contributed by atoms with Crippen molar-refractivity contribution in [3.05, 3.63) is 23.9 Å². The lowest BCUT2D eigenvalue weighted by Gasteiger charge is -2.34. The van der Waals surface area contributed by atoms with Gasteiger partial charge in [-0.2, -0.15) is 0 Å². The molecule has 2 unspecified atom stereocenters. The zero-order valence-electron chi connectivity index (χ0n) is 10.7. The van der Waals surface area contributed by atoms with Crippen LogP contribution in [0.1, 0.15) is 25.8 Å². The molecule has 0 aromatic carbocycles. The van der Waals surface area contributed by atoms with Crippen molar-refractivity contribution in [2.75, 3.05) is 18.5 Å². The third-order valence-corrected chi connectivity index (χ3v) is 3.32. The van der Waals surface area contributed by atoms with Crippen molar-refractivity contribution < 1.29 is 0 Å². The molecule has 17 heavy (non-hydrogen) atoms.